The van der Waals surface area contributed by atoms with Gasteiger partial charge in [-0.15, -0.1) is 0 Å². The van der Waals surface area contributed by atoms with Crippen LogP contribution in [0.15, 0.2) is 0 Å². The van der Waals surface area contributed by atoms with Gasteiger partial charge in [0, 0.05) is 19.0 Å². The first-order valence-corrected chi connectivity index (χ1v) is 8.03. The Balaban J connectivity index is 2.18. The first-order valence-electron chi connectivity index (χ1n) is 8.03. The summed E-state index contributed by atoms with van der Waals surface area (Å²) in [6.45, 7) is 12.1. The highest BCUT2D eigenvalue weighted by molar-refractivity contribution is 5.76. The summed E-state index contributed by atoms with van der Waals surface area (Å²) in [6, 6.07) is 0.470. The minimum Gasteiger partial charge on any atom is -0.355 e. The van der Waals surface area contributed by atoms with E-state index in [1.165, 1.54) is 25.9 Å². The average Bonchev–Trinajstić information content (AvgIpc) is 2.37. The Morgan fingerprint density at radius 1 is 1.32 bits per heavy atom. The van der Waals surface area contributed by atoms with Gasteiger partial charge in [0.25, 0.3) is 0 Å². The molecule has 1 heterocycles. The van der Waals surface area contributed by atoms with E-state index < -0.39 is 0 Å². The third kappa shape index (κ3) is 6.42. The molecule has 1 saturated heterocycles. The minimum atomic E-state index is 0.221. The highest BCUT2D eigenvalue weighted by atomic mass is 16.1. The van der Waals surface area contributed by atoms with Gasteiger partial charge in [0.1, 0.15) is 0 Å². The van der Waals surface area contributed by atoms with Crippen molar-refractivity contribution in [3.05, 3.63) is 0 Å². The number of rotatable bonds is 7. The molecule has 0 saturated carbocycles. The lowest BCUT2D eigenvalue weighted by atomic mass is 9.98. The summed E-state index contributed by atoms with van der Waals surface area (Å²) in [5.74, 6) is 1.60. The summed E-state index contributed by atoms with van der Waals surface area (Å²) in [5, 5.41) is 3.10. The van der Waals surface area contributed by atoms with Crippen molar-refractivity contribution in [2.24, 2.45) is 11.8 Å². The lowest BCUT2D eigenvalue weighted by Crippen LogP contribution is -2.45. The number of hydrogen-bond acceptors (Lipinski definition) is 2. The van der Waals surface area contributed by atoms with Crippen molar-refractivity contribution >= 4 is 5.91 Å². The summed E-state index contributed by atoms with van der Waals surface area (Å²) in [4.78, 5) is 14.3. The molecule has 1 fully saturated rings. The zero-order valence-electron chi connectivity index (χ0n) is 13.2. The molecule has 0 aromatic carbocycles. The highest BCUT2D eigenvalue weighted by Crippen LogP contribution is 2.17. The van der Waals surface area contributed by atoms with E-state index in [0.29, 0.717) is 18.4 Å². The minimum absolute atomic E-state index is 0.221. The van der Waals surface area contributed by atoms with Crippen LogP contribution in [-0.2, 0) is 4.79 Å². The Kier molecular flexibility index (Phi) is 7.44. The average molecular weight is 268 g/mol. The van der Waals surface area contributed by atoms with Crippen molar-refractivity contribution in [1.29, 1.82) is 0 Å². The van der Waals surface area contributed by atoms with E-state index in [1.807, 2.05) is 0 Å². The molecule has 3 heteroatoms. The van der Waals surface area contributed by atoms with E-state index >= 15 is 0 Å². The van der Waals surface area contributed by atoms with Crippen LogP contribution in [0.3, 0.4) is 0 Å². The van der Waals surface area contributed by atoms with Gasteiger partial charge in [0.05, 0.1) is 0 Å². The zero-order chi connectivity index (χ0) is 14.3. The van der Waals surface area contributed by atoms with E-state index in [0.717, 1.165) is 25.3 Å². The molecule has 0 aromatic heterocycles. The smallest absolute Gasteiger partial charge is 0.220 e. The van der Waals surface area contributed by atoms with Crippen LogP contribution in [0.5, 0.6) is 0 Å². The van der Waals surface area contributed by atoms with Crippen LogP contribution in [0.4, 0.5) is 0 Å². The van der Waals surface area contributed by atoms with Crippen LogP contribution in [0.2, 0.25) is 0 Å². The van der Waals surface area contributed by atoms with Gasteiger partial charge >= 0.3 is 0 Å². The largest absolute Gasteiger partial charge is 0.355 e. The molecule has 3 nitrogen and oxygen atoms in total. The van der Waals surface area contributed by atoms with Crippen LogP contribution in [-0.4, -0.2) is 36.5 Å². The molecule has 1 amide bonds. The second-order valence-corrected chi connectivity index (χ2v) is 6.47. The molecule has 0 bridgehead atoms. The van der Waals surface area contributed by atoms with Crippen LogP contribution in [0, 0.1) is 11.8 Å². The summed E-state index contributed by atoms with van der Waals surface area (Å²) in [6.07, 6.45) is 5.58. The van der Waals surface area contributed by atoms with Gasteiger partial charge in [-0.2, -0.15) is 0 Å². The van der Waals surface area contributed by atoms with E-state index in [-0.39, 0.29) is 5.91 Å². The maximum absolute atomic E-state index is 11.8. The molecule has 0 spiro atoms. The topological polar surface area (TPSA) is 32.3 Å². The highest BCUT2D eigenvalue weighted by Gasteiger charge is 2.20. The second-order valence-electron chi connectivity index (χ2n) is 6.47. The molecule has 19 heavy (non-hydrogen) atoms. The van der Waals surface area contributed by atoms with Gasteiger partial charge in [-0.05, 0) is 44.7 Å². The van der Waals surface area contributed by atoms with Gasteiger partial charge in [0.15, 0.2) is 0 Å². The van der Waals surface area contributed by atoms with Crippen LogP contribution >= 0.6 is 0 Å². The number of amides is 1. The number of likely N-dealkylation sites (tertiary alicyclic amines) is 1. The molecule has 0 aromatic rings. The standard InChI is InChI=1S/C16H32N2O/c1-5-6-14(3)11-16(19)17-12-15(4)18-9-7-13(2)8-10-18/h13-15H,5-12H2,1-4H3,(H,17,19). The number of hydrogen-bond donors (Lipinski definition) is 1. The first kappa shape index (κ1) is 16.5. The third-order valence-corrected chi connectivity index (χ3v) is 4.35. The maximum Gasteiger partial charge on any atom is 0.220 e. The van der Waals surface area contributed by atoms with Crippen LogP contribution in [0.25, 0.3) is 0 Å². The fourth-order valence-electron chi connectivity index (χ4n) is 2.84. The van der Waals surface area contributed by atoms with Crippen molar-refractivity contribution in [3.63, 3.8) is 0 Å². The van der Waals surface area contributed by atoms with Crippen LogP contribution < -0.4 is 5.32 Å². The first-order chi connectivity index (χ1) is 9.02. The van der Waals surface area contributed by atoms with E-state index in [2.05, 4.69) is 37.9 Å². The van der Waals surface area contributed by atoms with E-state index in [1.54, 1.807) is 0 Å². The van der Waals surface area contributed by atoms with Gasteiger partial charge < -0.3 is 5.32 Å². The molecule has 1 aliphatic rings. The molecule has 1 N–H and O–H groups in total. The summed E-state index contributed by atoms with van der Waals surface area (Å²) < 4.78 is 0. The predicted molar refractivity (Wildman–Crippen MR) is 81.1 cm³/mol. The Labute approximate surface area is 119 Å². The lowest BCUT2D eigenvalue weighted by molar-refractivity contribution is -0.122. The summed E-state index contributed by atoms with van der Waals surface area (Å²) in [7, 11) is 0. The molecule has 0 radical (unpaired) electrons. The lowest BCUT2D eigenvalue weighted by Gasteiger charge is -2.35. The number of carbonyl (C=O) groups is 1. The maximum atomic E-state index is 11.8. The normalized spacial score (nSPS) is 21.1. The van der Waals surface area contributed by atoms with E-state index in [9.17, 15) is 4.79 Å². The monoisotopic (exact) mass is 268 g/mol. The Morgan fingerprint density at radius 2 is 1.95 bits per heavy atom. The molecular weight excluding hydrogens is 236 g/mol. The summed E-state index contributed by atoms with van der Waals surface area (Å²) in [5.41, 5.74) is 0. The number of carbonyl (C=O) groups excluding carboxylic acids is 1. The van der Waals surface area contributed by atoms with Crippen molar-refractivity contribution in [3.8, 4) is 0 Å². The number of nitrogens with zero attached hydrogens (tertiary/aromatic N) is 1. The SMILES string of the molecule is CCCC(C)CC(=O)NCC(C)N1CCC(C)CC1. The fourth-order valence-corrected chi connectivity index (χ4v) is 2.84. The predicted octanol–water partition coefficient (Wildman–Crippen LogP) is 3.05. The van der Waals surface area contributed by atoms with Gasteiger partial charge in [0.2, 0.25) is 5.91 Å². The second kappa shape index (κ2) is 8.57. The van der Waals surface area contributed by atoms with Gasteiger partial charge in [-0.25, -0.2) is 0 Å². The Hall–Kier alpha value is -0.570. The van der Waals surface area contributed by atoms with Crippen molar-refractivity contribution in [2.75, 3.05) is 19.6 Å². The van der Waals surface area contributed by atoms with Gasteiger partial charge in [-0.3, -0.25) is 9.69 Å². The zero-order valence-corrected chi connectivity index (χ0v) is 13.2. The van der Waals surface area contributed by atoms with Crippen molar-refractivity contribution in [1.82, 2.24) is 10.2 Å². The van der Waals surface area contributed by atoms with Crippen LogP contribution in [0.1, 0.15) is 59.8 Å². The quantitative estimate of drug-likeness (QED) is 0.769. The number of nitrogens with one attached hydrogen (secondary N) is 1. The van der Waals surface area contributed by atoms with Crippen molar-refractivity contribution < 1.29 is 4.79 Å². The molecule has 1 rings (SSSR count). The number of piperidine rings is 1. The Bertz CT molecular complexity index is 259. The molecule has 2 atom stereocenters. The van der Waals surface area contributed by atoms with E-state index in [4.69, 9.17) is 0 Å². The molecular formula is C16H32N2O. The molecule has 2 unspecified atom stereocenters. The molecule has 0 aliphatic carbocycles. The summed E-state index contributed by atoms with van der Waals surface area (Å²) >= 11 is 0. The fraction of sp³-hybridized carbons (Fsp3) is 0.938. The molecule has 1 aliphatic heterocycles. The molecule has 112 valence electrons. The third-order valence-electron chi connectivity index (χ3n) is 4.35. The van der Waals surface area contributed by atoms with Gasteiger partial charge in [-0.1, -0.05) is 33.6 Å². The van der Waals surface area contributed by atoms with Crippen molar-refractivity contribution in [2.45, 2.75) is 65.8 Å². The Morgan fingerprint density at radius 3 is 2.53 bits per heavy atom.